The highest BCUT2D eigenvalue weighted by Crippen LogP contribution is 2.28. The van der Waals surface area contributed by atoms with E-state index in [4.69, 9.17) is 4.99 Å². The summed E-state index contributed by atoms with van der Waals surface area (Å²) in [6, 6.07) is 8.27. The molecule has 1 aromatic carbocycles. The predicted molar refractivity (Wildman–Crippen MR) is 101 cm³/mol. The van der Waals surface area contributed by atoms with E-state index in [1.807, 2.05) is 12.1 Å². The molecule has 132 valence electrons. The Morgan fingerprint density at radius 1 is 1.12 bits per heavy atom. The largest absolute Gasteiger partial charge is 0.508 e. The van der Waals surface area contributed by atoms with Crippen molar-refractivity contribution in [2.75, 3.05) is 11.9 Å². The van der Waals surface area contributed by atoms with Gasteiger partial charge in [0.15, 0.2) is 5.96 Å². The second-order valence-electron chi connectivity index (χ2n) is 7.50. The van der Waals surface area contributed by atoms with Crippen LogP contribution < -0.4 is 5.32 Å². The van der Waals surface area contributed by atoms with Gasteiger partial charge in [-0.25, -0.2) is 4.99 Å². The third kappa shape index (κ3) is 4.22. The molecule has 0 amide bonds. The lowest BCUT2D eigenvalue weighted by molar-refractivity contribution is 0.252. The van der Waals surface area contributed by atoms with Gasteiger partial charge in [0.25, 0.3) is 0 Å². The van der Waals surface area contributed by atoms with Crippen molar-refractivity contribution in [3.63, 3.8) is 0 Å². The van der Waals surface area contributed by atoms with Gasteiger partial charge in [-0.3, -0.25) is 0 Å². The lowest BCUT2D eigenvalue weighted by Crippen LogP contribution is -2.46. The first-order chi connectivity index (χ1) is 11.6. The van der Waals surface area contributed by atoms with Crippen molar-refractivity contribution in [3.8, 4) is 5.75 Å². The Morgan fingerprint density at radius 2 is 1.92 bits per heavy atom. The fourth-order valence-corrected chi connectivity index (χ4v) is 3.95. The van der Waals surface area contributed by atoms with Crippen molar-refractivity contribution in [1.29, 1.82) is 0 Å². The molecule has 0 spiro atoms. The number of nitrogens with one attached hydrogen (secondary N) is 1. The molecule has 3 rings (SSSR count). The summed E-state index contributed by atoms with van der Waals surface area (Å²) in [5.74, 6) is 1.93. The van der Waals surface area contributed by atoms with Crippen LogP contribution in [-0.2, 0) is 0 Å². The number of piperidine rings is 1. The molecule has 24 heavy (non-hydrogen) atoms. The van der Waals surface area contributed by atoms with E-state index in [2.05, 4.69) is 24.1 Å². The number of benzene rings is 1. The standard InChI is InChI=1S/C20H31N3O/c1-15-8-3-4-12-19(15)22-20(23-13-6-5-9-16(23)2)21-17-10-7-11-18(24)14-17/h7,10-11,14-16,19,24H,3-6,8-9,12-13H2,1-2H3,(H,21,22). The zero-order valence-electron chi connectivity index (χ0n) is 15.0. The SMILES string of the molecule is CC1CCCCC1N=C(Nc1cccc(O)c1)N1CCCCC1C. The first kappa shape index (κ1) is 17.1. The normalized spacial score (nSPS) is 28.7. The number of likely N-dealkylation sites (tertiary alicyclic amines) is 1. The van der Waals surface area contributed by atoms with Crippen molar-refractivity contribution >= 4 is 11.6 Å². The highest BCUT2D eigenvalue weighted by atomic mass is 16.3. The fraction of sp³-hybridized carbons (Fsp3) is 0.650. The molecule has 2 N–H and O–H groups in total. The van der Waals surface area contributed by atoms with Gasteiger partial charge in [0.05, 0.1) is 6.04 Å². The average Bonchev–Trinajstić information content (AvgIpc) is 2.57. The molecule has 0 radical (unpaired) electrons. The first-order valence-electron chi connectivity index (χ1n) is 9.54. The maximum Gasteiger partial charge on any atom is 0.198 e. The lowest BCUT2D eigenvalue weighted by atomic mass is 9.86. The number of nitrogens with zero attached hydrogens (tertiary/aromatic N) is 2. The van der Waals surface area contributed by atoms with Gasteiger partial charge in [0, 0.05) is 24.3 Å². The van der Waals surface area contributed by atoms with E-state index in [0.29, 0.717) is 18.0 Å². The van der Waals surface area contributed by atoms with Crippen LogP contribution in [-0.4, -0.2) is 34.6 Å². The summed E-state index contributed by atoms with van der Waals surface area (Å²) in [7, 11) is 0. The summed E-state index contributed by atoms with van der Waals surface area (Å²) in [5, 5.41) is 13.3. The molecule has 3 unspecified atom stereocenters. The minimum atomic E-state index is 0.289. The second-order valence-corrected chi connectivity index (χ2v) is 7.50. The Balaban J connectivity index is 1.84. The van der Waals surface area contributed by atoms with Crippen LogP contribution >= 0.6 is 0 Å². The topological polar surface area (TPSA) is 47.9 Å². The number of rotatable bonds is 2. The van der Waals surface area contributed by atoms with Gasteiger partial charge in [-0.2, -0.15) is 0 Å². The van der Waals surface area contributed by atoms with E-state index in [-0.39, 0.29) is 5.75 Å². The highest BCUT2D eigenvalue weighted by molar-refractivity contribution is 5.94. The fourth-order valence-electron chi connectivity index (χ4n) is 3.95. The third-order valence-corrected chi connectivity index (χ3v) is 5.53. The smallest absolute Gasteiger partial charge is 0.198 e. The first-order valence-corrected chi connectivity index (χ1v) is 9.54. The molecule has 1 aromatic rings. The number of guanidine groups is 1. The third-order valence-electron chi connectivity index (χ3n) is 5.53. The molecule has 2 aliphatic rings. The number of aliphatic imine (C=N–C) groups is 1. The van der Waals surface area contributed by atoms with Crippen LogP contribution in [0, 0.1) is 5.92 Å². The lowest BCUT2D eigenvalue weighted by Gasteiger charge is -2.37. The Morgan fingerprint density at radius 3 is 2.67 bits per heavy atom. The van der Waals surface area contributed by atoms with Crippen molar-refractivity contribution in [2.24, 2.45) is 10.9 Å². The Kier molecular flexibility index (Phi) is 5.64. The minimum Gasteiger partial charge on any atom is -0.508 e. The van der Waals surface area contributed by atoms with Gasteiger partial charge >= 0.3 is 0 Å². The van der Waals surface area contributed by atoms with Crippen molar-refractivity contribution in [1.82, 2.24) is 4.90 Å². The summed E-state index contributed by atoms with van der Waals surface area (Å²) < 4.78 is 0. The molecule has 1 saturated carbocycles. The van der Waals surface area contributed by atoms with E-state index < -0.39 is 0 Å². The van der Waals surface area contributed by atoms with Crippen molar-refractivity contribution in [3.05, 3.63) is 24.3 Å². The van der Waals surface area contributed by atoms with E-state index in [1.54, 1.807) is 12.1 Å². The molecule has 1 saturated heterocycles. The molecule has 1 aliphatic carbocycles. The van der Waals surface area contributed by atoms with Crippen LogP contribution in [0.25, 0.3) is 0 Å². The zero-order chi connectivity index (χ0) is 16.9. The molecule has 4 heteroatoms. The number of hydrogen-bond acceptors (Lipinski definition) is 2. The molecule has 0 bridgehead atoms. The van der Waals surface area contributed by atoms with Crippen LogP contribution in [0.4, 0.5) is 5.69 Å². The number of aromatic hydroxyl groups is 1. The van der Waals surface area contributed by atoms with Gasteiger partial charge < -0.3 is 15.3 Å². The Hall–Kier alpha value is -1.71. The Labute approximate surface area is 146 Å². The van der Waals surface area contributed by atoms with E-state index >= 15 is 0 Å². The minimum absolute atomic E-state index is 0.289. The van der Waals surface area contributed by atoms with E-state index in [9.17, 15) is 5.11 Å². The summed E-state index contributed by atoms with van der Waals surface area (Å²) in [6.07, 6.45) is 8.84. The monoisotopic (exact) mass is 329 g/mol. The van der Waals surface area contributed by atoms with Crippen LogP contribution in [0.5, 0.6) is 5.75 Å². The number of hydrogen-bond donors (Lipinski definition) is 2. The van der Waals surface area contributed by atoms with Crippen LogP contribution in [0.3, 0.4) is 0 Å². The second kappa shape index (κ2) is 7.91. The van der Waals surface area contributed by atoms with Gasteiger partial charge in [-0.15, -0.1) is 0 Å². The predicted octanol–water partition coefficient (Wildman–Crippen LogP) is 4.61. The number of phenols is 1. The van der Waals surface area contributed by atoms with Gasteiger partial charge in [-0.1, -0.05) is 25.8 Å². The molecule has 1 heterocycles. The summed E-state index contributed by atoms with van der Waals surface area (Å²) >= 11 is 0. The quantitative estimate of drug-likeness (QED) is 0.615. The van der Waals surface area contributed by atoms with Gasteiger partial charge in [-0.05, 0) is 57.1 Å². The van der Waals surface area contributed by atoms with E-state index in [1.165, 1.54) is 44.9 Å². The highest BCUT2D eigenvalue weighted by Gasteiger charge is 2.26. The maximum atomic E-state index is 9.76. The van der Waals surface area contributed by atoms with Crippen LogP contribution in [0.2, 0.25) is 0 Å². The molecule has 2 fully saturated rings. The van der Waals surface area contributed by atoms with Crippen molar-refractivity contribution in [2.45, 2.75) is 70.9 Å². The molecular formula is C20H31N3O. The average molecular weight is 329 g/mol. The van der Waals surface area contributed by atoms with Gasteiger partial charge in [0.2, 0.25) is 0 Å². The van der Waals surface area contributed by atoms with Crippen molar-refractivity contribution < 1.29 is 5.11 Å². The number of phenolic OH excluding ortho intramolecular Hbond substituents is 1. The molecule has 1 aliphatic heterocycles. The maximum absolute atomic E-state index is 9.76. The molecule has 3 atom stereocenters. The summed E-state index contributed by atoms with van der Waals surface area (Å²) in [5.41, 5.74) is 0.912. The van der Waals surface area contributed by atoms with Crippen LogP contribution in [0.15, 0.2) is 29.3 Å². The molecule has 4 nitrogen and oxygen atoms in total. The van der Waals surface area contributed by atoms with Crippen LogP contribution in [0.1, 0.15) is 58.8 Å². The number of anilines is 1. The zero-order valence-corrected chi connectivity index (χ0v) is 15.0. The van der Waals surface area contributed by atoms with E-state index in [0.717, 1.165) is 18.2 Å². The Bertz CT molecular complexity index is 572. The molecule has 0 aromatic heterocycles. The molecular weight excluding hydrogens is 298 g/mol. The van der Waals surface area contributed by atoms with Gasteiger partial charge in [0.1, 0.15) is 5.75 Å². The summed E-state index contributed by atoms with van der Waals surface area (Å²) in [4.78, 5) is 7.59. The summed E-state index contributed by atoms with van der Waals surface area (Å²) in [6.45, 7) is 5.69.